The van der Waals surface area contributed by atoms with Gasteiger partial charge in [0.15, 0.2) is 0 Å². The number of H-pyrrole nitrogens is 2. The molecule has 1 aliphatic rings. The highest BCUT2D eigenvalue weighted by atomic mass is 16.1. The SMILES string of the molecule is CN1CCN(CCc2ccc3[nH]c(-c4cc5ccccc5[nH]c4=O)cc3c2)CC1. The number of fused-ring (bicyclic) bond motifs is 2. The lowest BCUT2D eigenvalue weighted by Gasteiger charge is -2.32. The van der Waals surface area contributed by atoms with Crippen molar-refractivity contribution in [2.24, 2.45) is 0 Å². The number of para-hydroxylation sites is 1. The Kier molecular flexibility index (Phi) is 4.70. The van der Waals surface area contributed by atoms with Crippen molar-refractivity contribution in [3.8, 4) is 11.3 Å². The lowest BCUT2D eigenvalue weighted by atomic mass is 10.1. The van der Waals surface area contributed by atoms with Crippen LogP contribution in [0.5, 0.6) is 0 Å². The normalized spacial score (nSPS) is 16.0. The van der Waals surface area contributed by atoms with Crippen molar-refractivity contribution < 1.29 is 0 Å². The van der Waals surface area contributed by atoms with E-state index in [4.69, 9.17) is 0 Å². The lowest BCUT2D eigenvalue weighted by molar-refractivity contribution is 0.155. The van der Waals surface area contributed by atoms with Gasteiger partial charge < -0.3 is 19.8 Å². The number of piperazine rings is 1. The summed E-state index contributed by atoms with van der Waals surface area (Å²) in [6, 6.07) is 18.5. The first-order chi connectivity index (χ1) is 14.2. The van der Waals surface area contributed by atoms with Gasteiger partial charge in [0.25, 0.3) is 5.56 Å². The molecule has 5 nitrogen and oxygen atoms in total. The third-order valence-electron chi connectivity index (χ3n) is 6.04. The molecule has 2 aromatic heterocycles. The van der Waals surface area contributed by atoms with Crippen LogP contribution < -0.4 is 5.56 Å². The van der Waals surface area contributed by atoms with Gasteiger partial charge in [0.2, 0.25) is 0 Å². The van der Waals surface area contributed by atoms with E-state index in [0.717, 1.165) is 66.6 Å². The largest absolute Gasteiger partial charge is 0.354 e. The number of nitrogens with zero attached hydrogens (tertiary/aromatic N) is 2. The highest BCUT2D eigenvalue weighted by Crippen LogP contribution is 2.25. The van der Waals surface area contributed by atoms with E-state index in [1.165, 1.54) is 5.56 Å². The van der Waals surface area contributed by atoms with E-state index < -0.39 is 0 Å². The summed E-state index contributed by atoms with van der Waals surface area (Å²) in [5.41, 5.74) is 4.75. The molecule has 1 saturated heterocycles. The molecule has 148 valence electrons. The monoisotopic (exact) mass is 386 g/mol. The average Bonchev–Trinajstić information content (AvgIpc) is 3.16. The number of benzene rings is 2. The fourth-order valence-corrected chi connectivity index (χ4v) is 4.19. The number of likely N-dealkylation sites (N-methyl/N-ethyl adjacent to an activating group) is 1. The maximum absolute atomic E-state index is 12.6. The number of nitrogens with one attached hydrogen (secondary N) is 2. The van der Waals surface area contributed by atoms with Crippen LogP contribution in [0.4, 0.5) is 0 Å². The first kappa shape index (κ1) is 18.2. The second kappa shape index (κ2) is 7.50. The molecule has 1 fully saturated rings. The molecular weight excluding hydrogens is 360 g/mol. The van der Waals surface area contributed by atoms with Crippen LogP contribution in [0.2, 0.25) is 0 Å². The molecule has 5 rings (SSSR count). The number of hydrogen-bond acceptors (Lipinski definition) is 3. The summed E-state index contributed by atoms with van der Waals surface area (Å²) in [5, 5.41) is 2.19. The molecule has 0 amide bonds. The van der Waals surface area contributed by atoms with E-state index in [9.17, 15) is 4.79 Å². The van der Waals surface area contributed by atoms with E-state index in [2.05, 4.69) is 51.1 Å². The van der Waals surface area contributed by atoms with Crippen LogP contribution in [0.15, 0.2) is 59.4 Å². The molecule has 0 aliphatic carbocycles. The standard InChI is InChI=1S/C24H26N4O/c1-27-10-12-28(13-11-27)9-8-17-6-7-22-19(14-17)16-23(25-22)20-15-18-4-2-3-5-21(18)26-24(20)29/h2-7,14-16,25H,8-13H2,1H3,(H,26,29). The summed E-state index contributed by atoms with van der Waals surface area (Å²) in [6.45, 7) is 5.71. The summed E-state index contributed by atoms with van der Waals surface area (Å²) in [4.78, 5) is 23.9. The molecular formula is C24H26N4O. The molecule has 2 aromatic carbocycles. The first-order valence-electron chi connectivity index (χ1n) is 10.3. The van der Waals surface area contributed by atoms with Crippen LogP contribution in [0.3, 0.4) is 0 Å². The molecule has 5 heteroatoms. The van der Waals surface area contributed by atoms with Crippen molar-refractivity contribution in [1.29, 1.82) is 0 Å². The van der Waals surface area contributed by atoms with Gasteiger partial charge in [-0.05, 0) is 54.8 Å². The first-order valence-corrected chi connectivity index (χ1v) is 10.3. The number of hydrogen-bond donors (Lipinski definition) is 2. The van der Waals surface area contributed by atoms with Crippen molar-refractivity contribution in [1.82, 2.24) is 19.8 Å². The van der Waals surface area contributed by atoms with Crippen LogP contribution in [-0.2, 0) is 6.42 Å². The van der Waals surface area contributed by atoms with Gasteiger partial charge in [-0.25, -0.2) is 0 Å². The van der Waals surface area contributed by atoms with Crippen molar-refractivity contribution >= 4 is 21.8 Å². The minimum Gasteiger partial charge on any atom is -0.354 e. The molecule has 4 aromatic rings. The summed E-state index contributed by atoms with van der Waals surface area (Å²) in [7, 11) is 2.19. The Hall–Kier alpha value is -2.89. The zero-order valence-electron chi connectivity index (χ0n) is 16.7. The topological polar surface area (TPSA) is 55.1 Å². The summed E-state index contributed by atoms with van der Waals surface area (Å²) in [6.07, 6.45) is 1.05. The van der Waals surface area contributed by atoms with Crippen LogP contribution in [0.25, 0.3) is 33.1 Å². The Morgan fingerprint density at radius 1 is 0.862 bits per heavy atom. The molecule has 2 N–H and O–H groups in total. The Bertz CT molecular complexity index is 1210. The number of rotatable bonds is 4. The van der Waals surface area contributed by atoms with Crippen molar-refractivity contribution in [2.45, 2.75) is 6.42 Å². The number of pyridine rings is 1. The van der Waals surface area contributed by atoms with Crippen LogP contribution in [0.1, 0.15) is 5.56 Å². The zero-order chi connectivity index (χ0) is 19.8. The van der Waals surface area contributed by atoms with Crippen molar-refractivity contribution in [3.05, 3.63) is 70.5 Å². The Morgan fingerprint density at radius 2 is 1.66 bits per heavy atom. The number of aromatic nitrogens is 2. The van der Waals surface area contributed by atoms with E-state index >= 15 is 0 Å². The summed E-state index contributed by atoms with van der Waals surface area (Å²) < 4.78 is 0. The van der Waals surface area contributed by atoms with Gasteiger partial charge >= 0.3 is 0 Å². The van der Waals surface area contributed by atoms with Gasteiger partial charge in [-0.2, -0.15) is 0 Å². The smallest absolute Gasteiger partial charge is 0.257 e. The minimum atomic E-state index is -0.0643. The second-order valence-electron chi connectivity index (χ2n) is 8.10. The van der Waals surface area contributed by atoms with E-state index in [0.29, 0.717) is 5.56 Å². The predicted octanol–water partition coefficient (Wildman–Crippen LogP) is 3.47. The molecule has 0 radical (unpaired) electrons. The van der Waals surface area contributed by atoms with Crippen molar-refractivity contribution in [3.63, 3.8) is 0 Å². The Morgan fingerprint density at radius 3 is 2.52 bits per heavy atom. The molecule has 0 saturated carbocycles. The van der Waals surface area contributed by atoms with E-state index in [1.807, 2.05) is 30.3 Å². The predicted molar refractivity (Wildman–Crippen MR) is 120 cm³/mol. The highest BCUT2D eigenvalue weighted by molar-refractivity contribution is 5.89. The Balaban J connectivity index is 1.39. The molecule has 0 unspecified atom stereocenters. The van der Waals surface area contributed by atoms with Crippen LogP contribution >= 0.6 is 0 Å². The van der Waals surface area contributed by atoms with Gasteiger partial charge in [-0.15, -0.1) is 0 Å². The Labute approximate surface area is 170 Å². The molecule has 1 aliphatic heterocycles. The van der Waals surface area contributed by atoms with E-state index in [-0.39, 0.29) is 5.56 Å². The third kappa shape index (κ3) is 3.71. The third-order valence-corrected chi connectivity index (χ3v) is 6.04. The molecule has 0 bridgehead atoms. The number of aromatic amines is 2. The van der Waals surface area contributed by atoms with Gasteiger partial charge in [0.1, 0.15) is 0 Å². The van der Waals surface area contributed by atoms with Crippen LogP contribution in [0, 0.1) is 0 Å². The van der Waals surface area contributed by atoms with Gasteiger partial charge in [0.05, 0.1) is 11.3 Å². The fourth-order valence-electron chi connectivity index (χ4n) is 4.19. The van der Waals surface area contributed by atoms with E-state index in [1.54, 1.807) is 0 Å². The fraction of sp³-hybridized carbons (Fsp3) is 0.292. The van der Waals surface area contributed by atoms with Gasteiger partial charge in [-0.1, -0.05) is 24.3 Å². The van der Waals surface area contributed by atoms with Crippen molar-refractivity contribution in [2.75, 3.05) is 39.8 Å². The lowest BCUT2D eigenvalue weighted by Crippen LogP contribution is -2.45. The maximum atomic E-state index is 12.6. The zero-order valence-corrected chi connectivity index (χ0v) is 16.7. The molecule has 29 heavy (non-hydrogen) atoms. The molecule has 0 spiro atoms. The van der Waals surface area contributed by atoms with Gasteiger partial charge in [-0.3, -0.25) is 4.79 Å². The quantitative estimate of drug-likeness (QED) is 0.565. The average molecular weight is 386 g/mol. The summed E-state index contributed by atoms with van der Waals surface area (Å²) >= 11 is 0. The molecule has 0 atom stereocenters. The van der Waals surface area contributed by atoms with Gasteiger partial charge in [0, 0.05) is 49.1 Å². The maximum Gasteiger partial charge on any atom is 0.257 e. The van der Waals surface area contributed by atoms with Crippen LogP contribution in [-0.4, -0.2) is 59.5 Å². The summed E-state index contributed by atoms with van der Waals surface area (Å²) in [5.74, 6) is 0. The minimum absolute atomic E-state index is 0.0643. The second-order valence-corrected chi connectivity index (χ2v) is 8.10. The molecule has 3 heterocycles. The highest BCUT2D eigenvalue weighted by Gasteiger charge is 2.14.